The zero-order chi connectivity index (χ0) is 9.35. The van der Waals surface area contributed by atoms with E-state index < -0.39 is 22.6 Å². The Hall–Kier alpha value is -1.04. The lowest BCUT2D eigenvalue weighted by Gasteiger charge is -2.08. The van der Waals surface area contributed by atoms with Gasteiger partial charge in [-0.25, -0.2) is 0 Å². The third-order valence-electron chi connectivity index (χ3n) is 1.12. The molecule has 0 atom stereocenters. The molecule has 0 saturated heterocycles. The minimum atomic E-state index is -4.59. The van der Waals surface area contributed by atoms with Crippen LogP contribution >= 0.6 is 11.6 Å². The molecule has 2 N–H and O–H groups in total. The molecule has 7 heteroatoms. The Bertz CT molecular complexity index is 278. The van der Waals surface area contributed by atoms with Gasteiger partial charge in [0.25, 0.3) is 0 Å². The Labute approximate surface area is 70.3 Å². The second-order valence-electron chi connectivity index (χ2n) is 1.96. The third kappa shape index (κ3) is 1.58. The monoisotopic (exact) mass is 197 g/mol. The molecular formula is C5H3ClF3N3. The number of anilines is 1. The number of halogens is 4. The van der Waals surface area contributed by atoms with E-state index in [0.717, 1.165) is 6.20 Å². The minimum Gasteiger partial charge on any atom is -0.397 e. The van der Waals surface area contributed by atoms with Crippen LogP contribution in [0.25, 0.3) is 0 Å². The molecule has 0 aliphatic heterocycles. The van der Waals surface area contributed by atoms with Crippen LogP contribution in [-0.2, 0) is 6.18 Å². The maximum atomic E-state index is 12.1. The van der Waals surface area contributed by atoms with Crippen LogP contribution in [0.3, 0.4) is 0 Å². The van der Waals surface area contributed by atoms with E-state index in [4.69, 9.17) is 17.3 Å². The average molecular weight is 198 g/mol. The number of hydrogen-bond donors (Lipinski definition) is 1. The first kappa shape index (κ1) is 9.05. The van der Waals surface area contributed by atoms with Crippen LogP contribution in [0.2, 0.25) is 5.15 Å². The van der Waals surface area contributed by atoms with Gasteiger partial charge >= 0.3 is 6.18 Å². The number of nitrogens with two attached hydrogens (primary N) is 1. The van der Waals surface area contributed by atoms with Crippen LogP contribution in [0.4, 0.5) is 18.9 Å². The topological polar surface area (TPSA) is 51.8 Å². The molecule has 1 aromatic rings. The van der Waals surface area contributed by atoms with Gasteiger partial charge in [0.1, 0.15) is 5.56 Å². The molecule has 0 aromatic carbocycles. The predicted octanol–water partition coefficient (Wildman–Crippen LogP) is 1.73. The van der Waals surface area contributed by atoms with Crippen molar-refractivity contribution in [2.45, 2.75) is 6.18 Å². The predicted molar refractivity (Wildman–Crippen MR) is 36.5 cm³/mol. The molecule has 0 spiro atoms. The zero-order valence-corrected chi connectivity index (χ0v) is 6.32. The summed E-state index contributed by atoms with van der Waals surface area (Å²) in [5, 5.41) is 5.44. The highest BCUT2D eigenvalue weighted by atomic mass is 35.5. The lowest BCUT2D eigenvalue weighted by molar-refractivity contribution is -0.137. The number of rotatable bonds is 0. The minimum absolute atomic E-state index is 0.525. The number of alkyl halides is 3. The molecule has 0 unspecified atom stereocenters. The molecule has 0 amide bonds. The summed E-state index contributed by atoms with van der Waals surface area (Å²) in [6.07, 6.45) is -3.79. The Morgan fingerprint density at radius 3 is 2.33 bits per heavy atom. The molecule has 0 bridgehead atoms. The molecule has 1 heterocycles. The smallest absolute Gasteiger partial charge is 0.397 e. The standard InChI is InChI=1S/C5H3ClF3N3/c6-4-3(5(7,8)9)2(10)1-11-12-4/h1H,(H2,10,12). The van der Waals surface area contributed by atoms with Gasteiger partial charge in [-0.05, 0) is 0 Å². The van der Waals surface area contributed by atoms with Gasteiger partial charge in [0.05, 0.1) is 11.9 Å². The van der Waals surface area contributed by atoms with Crippen LogP contribution in [-0.4, -0.2) is 10.2 Å². The number of aromatic nitrogens is 2. The Morgan fingerprint density at radius 1 is 1.42 bits per heavy atom. The second-order valence-corrected chi connectivity index (χ2v) is 2.32. The van der Waals surface area contributed by atoms with E-state index in [1.807, 2.05) is 0 Å². The fraction of sp³-hybridized carbons (Fsp3) is 0.200. The molecule has 3 nitrogen and oxygen atoms in total. The molecular weight excluding hydrogens is 195 g/mol. The van der Waals surface area contributed by atoms with Crippen molar-refractivity contribution in [3.8, 4) is 0 Å². The summed E-state index contributed by atoms with van der Waals surface area (Å²) in [5.74, 6) is 0. The first-order valence-electron chi connectivity index (χ1n) is 2.77. The van der Waals surface area contributed by atoms with Crippen molar-refractivity contribution in [1.82, 2.24) is 10.2 Å². The Balaban J connectivity index is 3.31. The molecule has 0 aliphatic rings. The largest absolute Gasteiger partial charge is 0.421 e. The fourth-order valence-corrected chi connectivity index (χ4v) is 0.916. The lowest BCUT2D eigenvalue weighted by Crippen LogP contribution is -2.11. The fourth-order valence-electron chi connectivity index (χ4n) is 0.656. The van der Waals surface area contributed by atoms with Gasteiger partial charge in [-0.1, -0.05) is 11.6 Å². The SMILES string of the molecule is Nc1cnnc(Cl)c1C(F)(F)F. The van der Waals surface area contributed by atoms with Crippen LogP contribution < -0.4 is 5.73 Å². The van der Waals surface area contributed by atoms with Gasteiger partial charge in [-0.15, -0.1) is 5.10 Å². The van der Waals surface area contributed by atoms with Crippen LogP contribution in [0.5, 0.6) is 0 Å². The first-order valence-corrected chi connectivity index (χ1v) is 3.14. The van der Waals surface area contributed by atoms with E-state index in [2.05, 4.69) is 10.2 Å². The van der Waals surface area contributed by atoms with Crippen molar-refractivity contribution in [2.75, 3.05) is 5.73 Å². The van der Waals surface area contributed by atoms with Crippen LogP contribution in [0.1, 0.15) is 5.56 Å². The van der Waals surface area contributed by atoms with Crippen molar-refractivity contribution < 1.29 is 13.2 Å². The summed E-state index contributed by atoms with van der Waals surface area (Å²) in [7, 11) is 0. The summed E-state index contributed by atoms with van der Waals surface area (Å²) in [6, 6.07) is 0. The summed E-state index contributed by atoms with van der Waals surface area (Å²) in [6.45, 7) is 0. The van der Waals surface area contributed by atoms with E-state index in [1.165, 1.54) is 0 Å². The normalized spacial score (nSPS) is 11.7. The zero-order valence-electron chi connectivity index (χ0n) is 5.56. The van der Waals surface area contributed by atoms with Gasteiger partial charge in [-0.2, -0.15) is 18.3 Å². The van der Waals surface area contributed by atoms with Crippen molar-refractivity contribution in [3.05, 3.63) is 16.9 Å². The third-order valence-corrected chi connectivity index (χ3v) is 1.39. The maximum absolute atomic E-state index is 12.1. The van der Waals surface area contributed by atoms with E-state index in [0.29, 0.717) is 0 Å². The highest BCUT2D eigenvalue weighted by molar-refractivity contribution is 6.30. The summed E-state index contributed by atoms with van der Waals surface area (Å²) in [4.78, 5) is 0. The number of nitrogen functional groups attached to an aromatic ring is 1. The molecule has 66 valence electrons. The quantitative estimate of drug-likeness (QED) is 0.689. The molecule has 0 aliphatic carbocycles. The van der Waals surface area contributed by atoms with E-state index in [9.17, 15) is 13.2 Å². The molecule has 0 fully saturated rings. The Kier molecular flexibility index (Phi) is 2.10. The van der Waals surface area contributed by atoms with E-state index in [1.54, 1.807) is 0 Å². The van der Waals surface area contributed by atoms with Crippen LogP contribution in [0, 0.1) is 0 Å². The highest BCUT2D eigenvalue weighted by Gasteiger charge is 2.36. The van der Waals surface area contributed by atoms with Crippen molar-refractivity contribution >= 4 is 17.3 Å². The number of nitrogens with zero attached hydrogens (tertiary/aromatic N) is 2. The summed E-state index contributed by atoms with van der Waals surface area (Å²) < 4.78 is 36.2. The molecule has 0 radical (unpaired) electrons. The molecule has 12 heavy (non-hydrogen) atoms. The van der Waals surface area contributed by atoms with Gasteiger partial charge in [0, 0.05) is 0 Å². The van der Waals surface area contributed by atoms with Crippen LogP contribution in [0.15, 0.2) is 6.20 Å². The van der Waals surface area contributed by atoms with Gasteiger partial charge < -0.3 is 5.73 Å². The van der Waals surface area contributed by atoms with Gasteiger partial charge in [-0.3, -0.25) is 0 Å². The molecule has 0 saturated carbocycles. The second kappa shape index (κ2) is 2.78. The van der Waals surface area contributed by atoms with Gasteiger partial charge in [0.2, 0.25) is 0 Å². The Morgan fingerprint density at radius 2 is 2.00 bits per heavy atom. The molecule has 1 aromatic heterocycles. The lowest BCUT2D eigenvalue weighted by atomic mass is 10.2. The van der Waals surface area contributed by atoms with Crippen molar-refractivity contribution in [1.29, 1.82) is 0 Å². The first-order chi connectivity index (χ1) is 5.43. The van der Waals surface area contributed by atoms with E-state index in [-0.39, 0.29) is 0 Å². The number of hydrogen-bond acceptors (Lipinski definition) is 3. The summed E-state index contributed by atoms with van der Waals surface area (Å²) in [5.41, 5.74) is 3.34. The highest BCUT2D eigenvalue weighted by Crippen LogP contribution is 2.36. The summed E-state index contributed by atoms with van der Waals surface area (Å²) >= 11 is 5.14. The maximum Gasteiger partial charge on any atom is 0.421 e. The van der Waals surface area contributed by atoms with Crippen molar-refractivity contribution in [2.24, 2.45) is 0 Å². The van der Waals surface area contributed by atoms with Gasteiger partial charge in [0.15, 0.2) is 5.15 Å². The van der Waals surface area contributed by atoms with E-state index >= 15 is 0 Å². The average Bonchev–Trinajstić information content (AvgIpc) is 1.82. The van der Waals surface area contributed by atoms with Crippen molar-refractivity contribution in [3.63, 3.8) is 0 Å². The molecule has 1 rings (SSSR count).